The third-order valence-corrected chi connectivity index (χ3v) is 4.67. The Hall–Kier alpha value is -0.970. The van der Waals surface area contributed by atoms with Crippen molar-refractivity contribution in [2.75, 3.05) is 6.61 Å². The minimum atomic E-state index is 0.0481. The molecule has 3 nitrogen and oxygen atoms in total. The van der Waals surface area contributed by atoms with Crippen LogP contribution in [0.15, 0.2) is 36.4 Å². The van der Waals surface area contributed by atoms with Gasteiger partial charge in [0, 0.05) is 23.2 Å². The van der Waals surface area contributed by atoms with Crippen molar-refractivity contribution in [2.45, 2.75) is 32.5 Å². The van der Waals surface area contributed by atoms with Crippen LogP contribution < -0.4 is 10.1 Å². The van der Waals surface area contributed by atoms with Crippen LogP contribution in [0, 0.1) is 0 Å². The fourth-order valence-electron chi connectivity index (χ4n) is 2.21. The van der Waals surface area contributed by atoms with Gasteiger partial charge in [0.05, 0.1) is 16.7 Å². The maximum atomic E-state index is 9.29. The van der Waals surface area contributed by atoms with Gasteiger partial charge in [0.1, 0.15) is 12.4 Å². The highest BCUT2D eigenvalue weighted by Crippen LogP contribution is 2.26. The number of rotatable bonds is 8. The summed E-state index contributed by atoms with van der Waals surface area (Å²) < 4.78 is 5.91. The second-order valence-electron chi connectivity index (χ2n) is 5.46. The molecule has 24 heavy (non-hydrogen) atoms. The summed E-state index contributed by atoms with van der Waals surface area (Å²) >= 11 is 18.0. The summed E-state index contributed by atoms with van der Waals surface area (Å²) in [5.41, 5.74) is 1.87. The molecule has 0 fully saturated rings. The van der Waals surface area contributed by atoms with E-state index < -0.39 is 0 Å². The van der Waals surface area contributed by atoms with Crippen LogP contribution in [0.1, 0.15) is 24.5 Å². The molecule has 0 saturated heterocycles. The second kappa shape index (κ2) is 9.50. The molecular formula is C18H20Cl3NO2. The summed E-state index contributed by atoms with van der Waals surface area (Å²) in [5.74, 6) is 0.741. The number of hydrogen-bond donors (Lipinski definition) is 2. The Morgan fingerprint density at radius 1 is 1.08 bits per heavy atom. The minimum Gasteiger partial charge on any atom is -0.489 e. The zero-order valence-electron chi connectivity index (χ0n) is 13.4. The maximum Gasteiger partial charge on any atom is 0.124 e. The van der Waals surface area contributed by atoms with E-state index in [4.69, 9.17) is 39.5 Å². The molecule has 0 aromatic heterocycles. The van der Waals surface area contributed by atoms with Gasteiger partial charge in [-0.1, -0.05) is 47.8 Å². The minimum absolute atomic E-state index is 0.0481. The highest BCUT2D eigenvalue weighted by molar-refractivity contribution is 6.42. The highest BCUT2D eigenvalue weighted by Gasteiger charge is 2.09. The van der Waals surface area contributed by atoms with Crippen LogP contribution in [0.2, 0.25) is 15.1 Å². The molecule has 130 valence electrons. The summed E-state index contributed by atoms with van der Waals surface area (Å²) in [6, 6.07) is 11.0. The van der Waals surface area contributed by atoms with Gasteiger partial charge in [0.2, 0.25) is 0 Å². The molecule has 2 aromatic rings. The van der Waals surface area contributed by atoms with Crippen LogP contribution in [-0.4, -0.2) is 17.8 Å². The molecule has 6 heteroatoms. The molecule has 0 aliphatic carbocycles. The average molecular weight is 389 g/mol. The van der Waals surface area contributed by atoms with E-state index in [0.29, 0.717) is 28.2 Å². The van der Waals surface area contributed by atoms with Crippen LogP contribution in [-0.2, 0) is 13.2 Å². The molecule has 0 amide bonds. The van der Waals surface area contributed by atoms with Gasteiger partial charge in [0.15, 0.2) is 0 Å². The number of nitrogens with one attached hydrogen (secondary N) is 1. The fraction of sp³-hybridized carbons (Fsp3) is 0.333. The molecular weight excluding hydrogens is 369 g/mol. The molecule has 2 rings (SSSR count). The van der Waals surface area contributed by atoms with Crippen LogP contribution in [0.25, 0.3) is 0 Å². The molecule has 0 aliphatic heterocycles. The molecule has 2 N–H and O–H groups in total. The van der Waals surface area contributed by atoms with Crippen LogP contribution in [0.4, 0.5) is 0 Å². The quantitative estimate of drug-likeness (QED) is 0.662. The smallest absolute Gasteiger partial charge is 0.124 e. The Balaban J connectivity index is 2.07. The Labute approximate surface area is 157 Å². The summed E-state index contributed by atoms with van der Waals surface area (Å²) in [7, 11) is 0. The zero-order valence-corrected chi connectivity index (χ0v) is 15.6. The SMILES string of the molecule is CC[C@@H](CO)NCc1cc(Cl)ccc1OCc1ccc(Cl)c(Cl)c1. The lowest BCUT2D eigenvalue weighted by molar-refractivity contribution is 0.237. The maximum absolute atomic E-state index is 9.29. The summed E-state index contributed by atoms with van der Waals surface area (Å²) in [4.78, 5) is 0. The lowest BCUT2D eigenvalue weighted by atomic mass is 10.1. The van der Waals surface area contributed by atoms with Crippen LogP contribution in [0.5, 0.6) is 5.75 Å². The summed E-state index contributed by atoms with van der Waals surface area (Å²) in [5, 5.41) is 14.2. The first-order chi connectivity index (χ1) is 11.5. The largest absolute Gasteiger partial charge is 0.489 e. The van der Waals surface area contributed by atoms with Crippen molar-refractivity contribution < 1.29 is 9.84 Å². The van der Waals surface area contributed by atoms with Gasteiger partial charge in [-0.25, -0.2) is 0 Å². The van der Waals surface area contributed by atoms with E-state index >= 15 is 0 Å². The topological polar surface area (TPSA) is 41.5 Å². The number of halogens is 3. The second-order valence-corrected chi connectivity index (χ2v) is 6.71. The predicted octanol–water partition coefficient (Wildman–Crippen LogP) is 5.09. The number of aliphatic hydroxyl groups excluding tert-OH is 1. The molecule has 0 bridgehead atoms. The molecule has 0 radical (unpaired) electrons. The Morgan fingerprint density at radius 3 is 2.54 bits per heavy atom. The molecule has 2 aromatic carbocycles. The van der Waals surface area contributed by atoms with Crippen molar-refractivity contribution >= 4 is 34.8 Å². The molecule has 0 spiro atoms. The van der Waals surface area contributed by atoms with E-state index in [-0.39, 0.29) is 12.6 Å². The van der Waals surface area contributed by atoms with E-state index in [0.717, 1.165) is 23.3 Å². The van der Waals surface area contributed by atoms with E-state index in [1.54, 1.807) is 18.2 Å². The third kappa shape index (κ3) is 5.54. The molecule has 0 saturated carbocycles. The Kier molecular flexibility index (Phi) is 7.66. The van der Waals surface area contributed by atoms with Crippen molar-refractivity contribution in [1.82, 2.24) is 5.32 Å². The highest BCUT2D eigenvalue weighted by atomic mass is 35.5. The first kappa shape index (κ1) is 19.4. The normalized spacial score (nSPS) is 12.2. The summed E-state index contributed by atoms with van der Waals surface area (Å²) in [6.07, 6.45) is 0.844. The number of ether oxygens (including phenoxy) is 1. The van der Waals surface area contributed by atoms with E-state index in [2.05, 4.69) is 5.32 Å². The molecule has 0 aliphatic rings. The van der Waals surface area contributed by atoms with Crippen LogP contribution in [0.3, 0.4) is 0 Å². The van der Waals surface area contributed by atoms with Crippen molar-refractivity contribution in [3.05, 3.63) is 62.6 Å². The van der Waals surface area contributed by atoms with Crippen molar-refractivity contribution in [1.29, 1.82) is 0 Å². The predicted molar refractivity (Wildman–Crippen MR) is 100 cm³/mol. The lowest BCUT2D eigenvalue weighted by Crippen LogP contribution is -2.31. The van der Waals surface area contributed by atoms with Gasteiger partial charge in [-0.2, -0.15) is 0 Å². The average Bonchev–Trinajstić information content (AvgIpc) is 2.58. The lowest BCUT2D eigenvalue weighted by Gasteiger charge is -2.17. The van der Waals surface area contributed by atoms with Gasteiger partial charge >= 0.3 is 0 Å². The Morgan fingerprint density at radius 2 is 1.88 bits per heavy atom. The number of benzene rings is 2. The van der Waals surface area contributed by atoms with Gasteiger partial charge in [0.25, 0.3) is 0 Å². The monoisotopic (exact) mass is 387 g/mol. The Bertz CT molecular complexity index is 675. The van der Waals surface area contributed by atoms with Crippen molar-refractivity contribution in [3.8, 4) is 5.75 Å². The van der Waals surface area contributed by atoms with Crippen molar-refractivity contribution in [2.24, 2.45) is 0 Å². The molecule has 1 atom stereocenters. The van der Waals surface area contributed by atoms with Crippen molar-refractivity contribution in [3.63, 3.8) is 0 Å². The van der Waals surface area contributed by atoms with E-state index in [1.807, 2.05) is 25.1 Å². The molecule has 0 heterocycles. The molecule has 0 unspecified atom stereocenters. The fourth-order valence-corrected chi connectivity index (χ4v) is 2.73. The first-order valence-corrected chi connectivity index (χ1v) is 8.86. The van der Waals surface area contributed by atoms with E-state index in [9.17, 15) is 5.11 Å². The first-order valence-electron chi connectivity index (χ1n) is 7.72. The summed E-state index contributed by atoms with van der Waals surface area (Å²) in [6.45, 7) is 3.06. The van der Waals surface area contributed by atoms with Crippen LogP contribution >= 0.6 is 34.8 Å². The van der Waals surface area contributed by atoms with Gasteiger partial charge in [-0.05, 0) is 42.3 Å². The number of hydrogen-bond acceptors (Lipinski definition) is 3. The number of aliphatic hydroxyl groups is 1. The van der Waals surface area contributed by atoms with Gasteiger partial charge < -0.3 is 15.2 Å². The standard InChI is InChI=1S/C18H20Cl3NO2/c1-2-15(10-23)22-9-13-8-14(19)4-6-18(13)24-11-12-3-5-16(20)17(21)7-12/h3-8,15,22-23H,2,9-11H2,1H3/t15-/m0/s1. The zero-order chi connectivity index (χ0) is 17.5. The van der Waals surface area contributed by atoms with Gasteiger partial charge in [-0.3, -0.25) is 0 Å². The van der Waals surface area contributed by atoms with Gasteiger partial charge in [-0.15, -0.1) is 0 Å². The van der Waals surface area contributed by atoms with E-state index in [1.165, 1.54) is 0 Å². The third-order valence-electron chi connectivity index (χ3n) is 3.70.